The summed E-state index contributed by atoms with van der Waals surface area (Å²) < 4.78 is 50.6. The van der Waals surface area contributed by atoms with Gasteiger partial charge in [-0.1, -0.05) is 12.1 Å². The normalized spacial score (nSPS) is 27.9. The second kappa shape index (κ2) is 11.5. The highest BCUT2D eigenvalue weighted by Crippen LogP contribution is 2.35. The van der Waals surface area contributed by atoms with E-state index in [1.54, 1.807) is 22.6 Å². The maximum atomic E-state index is 13.6. The fourth-order valence-electron chi connectivity index (χ4n) is 5.80. The van der Waals surface area contributed by atoms with Gasteiger partial charge < -0.3 is 9.64 Å². The average Bonchev–Trinajstić information content (AvgIpc) is 3.45. The molecule has 5 rings (SSSR count). The molecule has 1 N–H and O–H groups in total. The van der Waals surface area contributed by atoms with Crippen molar-refractivity contribution in [3.05, 3.63) is 54.0 Å². The van der Waals surface area contributed by atoms with Gasteiger partial charge >= 0.3 is 0 Å². The molecule has 3 fully saturated rings. The van der Waals surface area contributed by atoms with Crippen molar-refractivity contribution >= 4 is 16.0 Å². The third kappa shape index (κ3) is 6.22. The number of rotatable bonds is 8. The van der Waals surface area contributed by atoms with Crippen molar-refractivity contribution in [2.45, 2.75) is 63.0 Å². The Labute approximate surface area is 213 Å². The molecule has 2 atom stereocenters. The van der Waals surface area contributed by atoms with Crippen molar-refractivity contribution in [3.63, 3.8) is 0 Å². The molecule has 0 amide bonds. The van der Waals surface area contributed by atoms with E-state index >= 15 is 0 Å². The Morgan fingerprint density at radius 3 is 2.56 bits per heavy atom. The number of ether oxygens (including phenoxy) is 1. The molecule has 1 unspecified atom stereocenters. The minimum atomic E-state index is -3.51. The Hall–Kier alpha value is -2.14. The second-order valence-corrected chi connectivity index (χ2v) is 12.0. The van der Waals surface area contributed by atoms with Crippen molar-refractivity contribution in [1.82, 2.24) is 19.2 Å². The van der Waals surface area contributed by atoms with Crippen LogP contribution in [0.15, 0.2) is 42.6 Å². The molecule has 1 saturated carbocycles. The highest BCUT2D eigenvalue weighted by Gasteiger charge is 2.36. The number of benzene rings is 1. The van der Waals surface area contributed by atoms with Crippen molar-refractivity contribution < 1.29 is 17.5 Å². The summed E-state index contributed by atoms with van der Waals surface area (Å²) in [7, 11) is -3.51. The lowest BCUT2D eigenvalue weighted by Gasteiger charge is -2.40. The van der Waals surface area contributed by atoms with Crippen LogP contribution >= 0.6 is 0 Å². The molecule has 0 bridgehead atoms. The number of piperidine rings is 1. The zero-order valence-electron chi connectivity index (χ0n) is 20.6. The average molecular weight is 518 g/mol. The minimum Gasteiger partial charge on any atom is -0.378 e. The monoisotopic (exact) mass is 517 g/mol. The number of nitrogens with zero attached hydrogens (tertiary/aromatic N) is 4. The highest BCUT2D eigenvalue weighted by atomic mass is 32.2. The van der Waals surface area contributed by atoms with Gasteiger partial charge in [0.25, 0.3) is 10.2 Å². The van der Waals surface area contributed by atoms with Gasteiger partial charge in [0.15, 0.2) is 5.82 Å². The van der Waals surface area contributed by atoms with Crippen LogP contribution in [0.5, 0.6) is 0 Å². The SMILES string of the molecule is O=S(=O)(NC1CCN(c2cccnn2)C[C@H]1COC1CCC(c2cccc(F)c2)CC1)N1CCCC1. The molecule has 2 aliphatic heterocycles. The fraction of sp³-hybridized carbons (Fsp3) is 0.615. The van der Waals surface area contributed by atoms with E-state index in [2.05, 4.69) is 19.8 Å². The summed E-state index contributed by atoms with van der Waals surface area (Å²) in [4.78, 5) is 2.17. The van der Waals surface area contributed by atoms with E-state index in [4.69, 9.17) is 4.74 Å². The molecule has 2 aromatic rings. The summed E-state index contributed by atoms with van der Waals surface area (Å²) in [6.45, 7) is 3.03. The number of aromatic nitrogens is 2. The van der Waals surface area contributed by atoms with E-state index in [0.717, 1.165) is 49.9 Å². The lowest BCUT2D eigenvalue weighted by Crippen LogP contribution is -2.55. The molecule has 196 valence electrons. The van der Waals surface area contributed by atoms with Crippen LogP contribution in [0.2, 0.25) is 0 Å². The third-order valence-electron chi connectivity index (χ3n) is 7.86. The van der Waals surface area contributed by atoms with Crippen molar-refractivity contribution in [3.8, 4) is 0 Å². The predicted molar refractivity (Wildman–Crippen MR) is 136 cm³/mol. The number of anilines is 1. The van der Waals surface area contributed by atoms with E-state index in [1.807, 2.05) is 18.2 Å². The molecule has 0 radical (unpaired) electrons. The van der Waals surface area contributed by atoms with Crippen molar-refractivity contribution in [1.29, 1.82) is 0 Å². The van der Waals surface area contributed by atoms with Gasteiger partial charge in [-0.3, -0.25) is 0 Å². The lowest BCUT2D eigenvalue weighted by molar-refractivity contribution is -0.00225. The molecule has 0 spiro atoms. The van der Waals surface area contributed by atoms with Gasteiger partial charge in [-0.05, 0) is 80.7 Å². The number of halogens is 1. The van der Waals surface area contributed by atoms with Crippen LogP contribution in [0.1, 0.15) is 56.4 Å². The lowest BCUT2D eigenvalue weighted by atomic mass is 9.82. The van der Waals surface area contributed by atoms with E-state index < -0.39 is 10.2 Å². The van der Waals surface area contributed by atoms with E-state index in [1.165, 1.54) is 6.07 Å². The molecule has 3 aliphatic rings. The molecular formula is C26H36FN5O3S. The first-order valence-electron chi connectivity index (χ1n) is 13.1. The molecule has 3 heterocycles. The molecule has 2 saturated heterocycles. The Morgan fingerprint density at radius 1 is 1.03 bits per heavy atom. The minimum absolute atomic E-state index is 0.000855. The number of nitrogens with one attached hydrogen (secondary N) is 1. The van der Waals surface area contributed by atoms with Gasteiger partial charge in [-0.25, -0.2) is 4.39 Å². The molecule has 10 heteroatoms. The molecule has 1 aromatic carbocycles. The summed E-state index contributed by atoms with van der Waals surface area (Å²) in [6.07, 6.45) is 8.08. The third-order valence-corrected chi connectivity index (χ3v) is 9.51. The summed E-state index contributed by atoms with van der Waals surface area (Å²) in [6, 6.07) is 10.5. The van der Waals surface area contributed by atoms with Crippen LogP contribution in [0.4, 0.5) is 10.2 Å². The highest BCUT2D eigenvalue weighted by molar-refractivity contribution is 7.87. The first-order valence-corrected chi connectivity index (χ1v) is 14.6. The van der Waals surface area contributed by atoms with Crippen LogP contribution in [-0.4, -0.2) is 67.9 Å². The largest absolute Gasteiger partial charge is 0.378 e. The topological polar surface area (TPSA) is 87.7 Å². The van der Waals surface area contributed by atoms with Gasteiger partial charge in [-0.15, -0.1) is 5.10 Å². The van der Waals surface area contributed by atoms with Crippen LogP contribution in [-0.2, 0) is 14.9 Å². The second-order valence-electron chi connectivity index (χ2n) is 10.3. The Kier molecular flexibility index (Phi) is 8.15. The quantitative estimate of drug-likeness (QED) is 0.577. The maximum absolute atomic E-state index is 13.6. The standard InChI is InChI=1S/C26H36FN5O3S/c27-23-6-3-5-21(17-23)20-8-10-24(11-9-20)35-19-22-18-31(26-7-4-13-28-29-26)16-12-25(22)30-36(33,34)32-14-1-2-15-32/h3-7,13,17,20,22,24-25,30H,1-2,8-12,14-16,18-19H2/t20?,22-,24?,25?/m0/s1. The van der Waals surface area contributed by atoms with Gasteiger partial charge in [0, 0.05) is 44.3 Å². The molecular weight excluding hydrogens is 481 g/mol. The first kappa shape index (κ1) is 25.5. The van der Waals surface area contributed by atoms with E-state index in [9.17, 15) is 12.8 Å². The molecule has 1 aliphatic carbocycles. The molecule has 8 nitrogen and oxygen atoms in total. The summed E-state index contributed by atoms with van der Waals surface area (Å²) in [5.74, 6) is 0.985. The van der Waals surface area contributed by atoms with Gasteiger partial charge in [0.1, 0.15) is 5.82 Å². The molecule has 36 heavy (non-hydrogen) atoms. The fourth-order valence-corrected chi connectivity index (χ4v) is 7.38. The predicted octanol–water partition coefficient (Wildman–Crippen LogP) is 3.48. The Balaban J connectivity index is 1.21. The van der Waals surface area contributed by atoms with Crippen LogP contribution in [0.3, 0.4) is 0 Å². The smallest absolute Gasteiger partial charge is 0.279 e. The molecule has 1 aromatic heterocycles. The zero-order chi connectivity index (χ0) is 25.0. The van der Waals surface area contributed by atoms with E-state index in [0.29, 0.717) is 45.1 Å². The number of hydrogen-bond donors (Lipinski definition) is 1. The maximum Gasteiger partial charge on any atom is 0.279 e. The van der Waals surface area contributed by atoms with Crippen molar-refractivity contribution in [2.75, 3.05) is 37.7 Å². The van der Waals surface area contributed by atoms with E-state index in [-0.39, 0.29) is 23.9 Å². The van der Waals surface area contributed by atoms with Crippen LogP contribution in [0, 0.1) is 11.7 Å². The first-order chi connectivity index (χ1) is 17.5. The van der Waals surface area contributed by atoms with Gasteiger partial charge in [0.05, 0.1) is 12.7 Å². The van der Waals surface area contributed by atoms with Gasteiger partial charge in [-0.2, -0.15) is 22.5 Å². The Bertz CT molecular complexity index is 1090. The zero-order valence-corrected chi connectivity index (χ0v) is 21.5. The van der Waals surface area contributed by atoms with Crippen molar-refractivity contribution in [2.24, 2.45) is 5.92 Å². The summed E-state index contributed by atoms with van der Waals surface area (Å²) in [5.41, 5.74) is 1.07. The van der Waals surface area contributed by atoms with Crippen LogP contribution < -0.4 is 9.62 Å². The summed E-state index contributed by atoms with van der Waals surface area (Å²) >= 11 is 0. The number of hydrogen-bond acceptors (Lipinski definition) is 6. The Morgan fingerprint density at radius 2 is 1.83 bits per heavy atom. The summed E-state index contributed by atoms with van der Waals surface area (Å²) in [5, 5.41) is 8.26. The van der Waals surface area contributed by atoms with Crippen LogP contribution in [0.25, 0.3) is 0 Å². The van der Waals surface area contributed by atoms with Gasteiger partial charge in [0.2, 0.25) is 0 Å².